The van der Waals surface area contributed by atoms with Gasteiger partial charge in [-0.1, -0.05) is 3.89 Å². The summed E-state index contributed by atoms with van der Waals surface area (Å²) in [6, 6.07) is 0. The molecule has 0 spiro atoms. The molecule has 0 amide bonds. The van der Waals surface area contributed by atoms with Crippen molar-refractivity contribution in [1.82, 2.24) is 0 Å². The Kier molecular flexibility index (Phi) is 5.63. The van der Waals surface area contributed by atoms with Crippen molar-refractivity contribution in [1.29, 1.82) is 0 Å². The van der Waals surface area contributed by atoms with E-state index >= 15 is 0 Å². The first-order chi connectivity index (χ1) is 5.81. The van der Waals surface area contributed by atoms with Crippen LogP contribution in [0.5, 0.6) is 0 Å². The van der Waals surface area contributed by atoms with Crippen molar-refractivity contribution in [3.63, 3.8) is 0 Å². The SMILES string of the molecule is O=NC(F)(F)Br.O=S(=O)(F)C(F)(F)F. The molecule has 86 valence electrons. The van der Waals surface area contributed by atoms with E-state index < -0.39 is 20.7 Å². The molecule has 14 heavy (non-hydrogen) atoms. The van der Waals surface area contributed by atoms with Crippen molar-refractivity contribution in [2.24, 2.45) is 5.18 Å². The molecule has 0 N–H and O–H groups in total. The third-order valence-electron chi connectivity index (χ3n) is 0.380. The second-order valence-electron chi connectivity index (χ2n) is 1.44. The van der Waals surface area contributed by atoms with Crippen molar-refractivity contribution in [2.45, 2.75) is 10.5 Å². The Morgan fingerprint density at radius 1 is 1.07 bits per heavy atom. The van der Waals surface area contributed by atoms with E-state index in [1.807, 2.05) is 0 Å². The summed E-state index contributed by atoms with van der Waals surface area (Å²) < 4.78 is 82.0. The van der Waals surface area contributed by atoms with Gasteiger partial charge in [-0.2, -0.15) is 30.4 Å². The van der Waals surface area contributed by atoms with Crippen LogP contribution in [0.25, 0.3) is 0 Å². The normalized spacial score (nSPS) is 12.8. The summed E-state index contributed by atoms with van der Waals surface area (Å²) in [6.45, 7) is 0. The second-order valence-corrected chi connectivity index (χ2v) is 3.74. The molecule has 0 fully saturated rings. The van der Waals surface area contributed by atoms with Gasteiger partial charge < -0.3 is 0 Å². The number of nitroso groups, excluding NO2 is 1. The highest BCUT2D eigenvalue weighted by Crippen LogP contribution is 2.23. The number of halogens is 7. The lowest BCUT2D eigenvalue weighted by Gasteiger charge is -1.95. The number of alkyl halides is 6. The van der Waals surface area contributed by atoms with Crippen LogP contribution in [0.3, 0.4) is 0 Å². The van der Waals surface area contributed by atoms with E-state index in [0.717, 1.165) is 0 Å². The minimum absolute atomic E-state index is 1.35. The van der Waals surface area contributed by atoms with Gasteiger partial charge in [0.15, 0.2) is 0 Å². The van der Waals surface area contributed by atoms with E-state index in [4.69, 9.17) is 13.3 Å². The Morgan fingerprint density at radius 3 is 1.21 bits per heavy atom. The topological polar surface area (TPSA) is 63.6 Å². The average molecular weight is 312 g/mol. The fourth-order valence-corrected chi connectivity index (χ4v) is 0. The van der Waals surface area contributed by atoms with Crippen LogP contribution in [0.1, 0.15) is 0 Å². The molecule has 0 aromatic heterocycles. The zero-order valence-corrected chi connectivity index (χ0v) is 8.13. The molecule has 0 atom stereocenters. The van der Waals surface area contributed by atoms with E-state index in [2.05, 4.69) is 0 Å². The van der Waals surface area contributed by atoms with Gasteiger partial charge in [-0.3, -0.25) is 0 Å². The molecule has 0 heterocycles. The average Bonchev–Trinajstić information content (AvgIpc) is 1.82. The van der Waals surface area contributed by atoms with Gasteiger partial charge in [-0.05, 0) is 0 Å². The quantitative estimate of drug-likeness (QED) is 0.246. The van der Waals surface area contributed by atoms with Gasteiger partial charge in [-0.15, -0.1) is 4.91 Å². The molecular formula is C2BrF6NO3S. The van der Waals surface area contributed by atoms with Crippen molar-refractivity contribution >= 4 is 26.2 Å². The first-order valence-electron chi connectivity index (χ1n) is 2.23. The lowest BCUT2D eigenvalue weighted by Crippen LogP contribution is -2.17. The highest BCUT2D eigenvalue weighted by molar-refractivity contribution is 9.09. The van der Waals surface area contributed by atoms with Crippen molar-refractivity contribution in [2.75, 3.05) is 0 Å². The lowest BCUT2D eigenvalue weighted by molar-refractivity contribution is -0.0478. The summed E-state index contributed by atoms with van der Waals surface area (Å²) >= 11 is 1.66. The predicted molar refractivity (Wildman–Crippen MR) is 35.8 cm³/mol. The van der Waals surface area contributed by atoms with E-state index in [9.17, 15) is 25.8 Å². The fourth-order valence-electron chi connectivity index (χ4n) is 0. The summed E-state index contributed by atoms with van der Waals surface area (Å²) in [5.41, 5.74) is -5.76. The Hall–Kier alpha value is -0.390. The molecular weight excluding hydrogens is 312 g/mol. The molecule has 0 aliphatic heterocycles. The molecule has 0 aromatic rings. The molecule has 0 bridgehead atoms. The van der Waals surface area contributed by atoms with Crippen LogP contribution in [-0.2, 0) is 10.2 Å². The third-order valence-corrected chi connectivity index (χ3v) is 1.08. The molecule has 0 saturated heterocycles. The molecule has 0 rings (SSSR count). The maximum atomic E-state index is 10.9. The van der Waals surface area contributed by atoms with Gasteiger partial charge in [-0.25, -0.2) is 0 Å². The van der Waals surface area contributed by atoms with E-state index in [0.29, 0.717) is 0 Å². The van der Waals surface area contributed by atoms with Crippen LogP contribution < -0.4 is 0 Å². The van der Waals surface area contributed by atoms with Gasteiger partial charge >= 0.3 is 20.7 Å². The maximum Gasteiger partial charge on any atom is 0.527 e. The van der Waals surface area contributed by atoms with Gasteiger partial charge in [0.25, 0.3) is 0 Å². The summed E-state index contributed by atoms with van der Waals surface area (Å²) in [4.78, 5) is 5.20. The van der Waals surface area contributed by atoms with Gasteiger partial charge in [0, 0.05) is 21.1 Å². The maximum absolute atomic E-state index is 10.9. The molecule has 4 nitrogen and oxygen atoms in total. The van der Waals surface area contributed by atoms with Crippen LogP contribution in [0, 0.1) is 4.91 Å². The highest BCUT2D eigenvalue weighted by Gasteiger charge is 2.46. The number of rotatable bonds is 1. The van der Waals surface area contributed by atoms with Crippen LogP contribution in [0.15, 0.2) is 5.18 Å². The predicted octanol–water partition coefficient (Wildman–Crippen LogP) is 2.50. The van der Waals surface area contributed by atoms with Crippen LogP contribution in [-0.4, -0.2) is 18.9 Å². The number of hydrogen-bond donors (Lipinski definition) is 0. The number of hydrogen-bond acceptors (Lipinski definition) is 4. The smallest absolute Gasteiger partial charge is 0.185 e. The van der Waals surface area contributed by atoms with E-state index in [1.54, 1.807) is 15.9 Å². The highest BCUT2D eigenvalue weighted by atomic mass is 79.9. The zero-order chi connectivity index (χ0) is 12.2. The first-order valence-corrected chi connectivity index (χ1v) is 4.41. The standard InChI is InChI=1S/CBrF2NO.CF4O2S/c2-1(3,4)5-6;2-1(3,4)8(5,6)7. The Morgan fingerprint density at radius 2 is 1.21 bits per heavy atom. The van der Waals surface area contributed by atoms with Crippen LogP contribution in [0.2, 0.25) is 0 Å². The number of nitrogens with zero attached hydrogens (tertiary/aromatic N) is 1. The molecule has 0 aliphatic carbocycles. The van der Waals surface area contributed by atoms with Crippen LogP contribution >= 0.6 is 15.9 Å². The van der Waals surface area contributed by atoms with Gasteiger partial charge in [0.1, 0.15) is 0 Å². The minimum atomic E-state index is -6.34. The van der Waals surface area contributed by atoms with Crippen molar-refractivity contribution < 1.29 is 34.3 Å². The summed E-state index contributed by atoms with van der Waals surface area (Å²) in [6.07, 6.45) is 0. The summed E-state index contributed by atoms with van der Waals surface area (Å²) in [7, 11) is -6.34. The minimum Gasteiger partial charge on any atom is -0.185 e. The van der Waals surface area contributed by atoms with E-state index in [1.165, 1.54) is 5.18 Å². The molecule has 0 unspecified atom stereocenters. The zero-order valence-electron chi connectivity index (χ0n) is 5.73. The molecule has 0 saturated carbocycles. The molecule has 0 radical (unpaired) electrons. The van der Waals surface area contributed by atoms with Crippen molar-refractivity contribution in [3.05, 3.63) is 4.91 Å². The fraction of sp³-hybridized carbons (Fsp3) is 1.00. The molecule has 12 heteroatoms. The van der Waals surface area contributed by atoms with Gasteiger partial charge in [0.2, 0.25) is 0 Å². The monoisotopic (exact) mass is 311 g/mol. The molecule has 0 aromatic carbocycles. The largest absolute Gasteiger partial charge is 0.527 e. The van der Waals surface area contributed by atoms with E-state index in [-0.39, 0.29) is 0 Å². The second kappa shape index (κ2) is 4.91. The summed E-state index contributed by atoms with van der Waals surface area (Å²) in [5, 5.41) is 1.35. The van der Waals surface area contributed by atoms with Crippen molar-refractivity contribution in [3.8, 4) is 0 Å². The Balaban J connectivity index is 0. The Bertz CT molecular complexity index is 278. The third kappa shape index (κ3) is 9.70. The van der Waals surface area contributed by atoms with Gasteiger partial charge in [0.05, 0.1) is 0 Å². The Labute approximate surface area is 81.6 Å². The molecule has 0 aliphatic rings. The summed E-state index contributed by atoms with van der Waals surface area (Å²) in [5.74, 6) is 0. The lowest BCUT2D eigenvalue weighted by atomic mass is 11.3. The first kappa shape index (κ1) is 16.1. The van der Waals surface area contributed by atoms with Crippen LogP contribution in [0.4, 0.5) is 25.8 Å².